The molecular weight excluding hydrogens is 295 g/mol. The Morgan fingerprint density at radius 1 is 1.33 bits per heavy atom. The first-order valence-corrected chi connectivity index (χ1v) is 6.78. The zero-order chi connectivity index (χ0) is 15.4. The van der Waals surface area contributed by atoms with Crippen LogP contribution in [0.4, 0.5) is 15.8 Å². The molecule has 0 saturated heterocycles. The summed E-state index contributed by atoms with van der Waals surface area (Å²) in [4.78, 5) is 10.5. The lowest BCUT2D eigenvalue weighted by Crippen LogP contribution is -2.08. The Bertz CT molecular complexity index is 677. The summed E-state index contributed by atoms with van der Waals surface area (Å²) in [5.41, 5.74) is 2.10. The normalized spacial score (nSPS) is 10.4. The number of halogens is 2. The van der Waals surface area contributed by atoms with Gasteiger partial charge in [-0.25, -0.2) is 4.39 Å². The van der Waals surface area contributed by atoms with Crippen LogP contribution in [0.5, 0.6) is 0 Å². The number of nitrogens with one attached hydrogen (secondary N) is 1. The van der Waals surface area contributed by atoms with Crippen LogP contribution < -0.4 is 5.32 Å². The van der Waals surface area contributed by atoms with Gasteiger partial charge in [0.15, 0.2) is 0 Å². The quantitative estimate of drug-likeness (QED) is 0.660. The molecule has 0 aromatic heterocycles. The van der Waals surface area contributed by atoms with E-state index in [2.05, 4.69) is 5.32 Å². The van der Waals surface area contributed by atoms with Crippen LogP contribution in [0.3, 0.4) is 0 Å². The first kappa shape index (κ1) is 15.3. The fraction of sp³-hybridized carbons (Fsp3) is 0.200. The summed E-state index contributed by atoms with van der Waals surface area (Å²) in [5, 5.41) is 14.1. The molecule has 0 bridgehead atoms. The Kier molecular flexibility index (Phi) is 4.75. The minimum absolute atomic E-state index is 0.1000. The van der Waals surface area contributed by atoms with E-state index in [1.54, 1.807) is 18.2 Å². The predicted molar refractivity (Wildman–Crippen MR) is 81.4 cm³/mol. The van der Waals surface area contributed by atoms with E-state index >= 15 is 0 Å². The highest BCUT2D eigenvalue weighted by Gasteiger charge is 2.17. The van der Waals surface area contributed by atoms with E-state index in [4.69, 9.17) is 11.6 Å². The van der Waals surface area contributed by atoms with Crippen LogP contribution >= 0.6 is 11.6 Å². The summed E-state index contributed by atoms with van der Waals surface area (Å²) < 4.78 is 13.0. The molecule has 0 spiro atoms. The molecule has 4 nitrogen and oxygen atoms in total. The van der Waals surface area contributed by atoms with Crippen LogP contribution in [0.1, 0.15) is 11.1 Å². The van der Waals surface area contributed by atoms with Gasteiger partial charge < -0.3 is 5.32 Å². The van der Waals surface area contributed by atoms with Crippen molar-refractivity contribution < 1.29 is 9.31 Å². The van der Waals surface area contributed by atoms with Gasteiger partial charge in [0.2, 0.25) is 0 Å². The summed E-state index contributed by atoms with van der Waals surface area (Å²) in [6.07, 6.45) is 0.635. The Balaban J connectivity index is 2.07. The van der Waals surface area contributed by atoms with Crippen LogP contribution in [-0.2, 0) is 6.42 Å². The van der Waals surface area contributed by atoms with Crippen molar-refractivity contribution in [2.24, 2.45) is 0 Å². The number of hydrogen-bond acceptors (Lipinski definition) is 3. The Labute approximate surface area is 126 Å². The minimum Gasteiger partial charge on any atom is -0.379 e. The second-order valence-corrected chi connectivity index (χ2v) is 5.05. The molecule has 0 aliphatic carbocycles. The Morgan fingerprint density at radius 2 is 2.10 bits per heavy atom. The van der Waals surface area contributed by atoms with Gasteiger partial charge in [-0.05, 0) is 48.7 Å². The van der Waals surface area contributed by atoms with Crippen molar-refractivity contribution in [2.45, 2.75) is 13.3 Å². The summed E-state index contributed by atoms with van der Waals surface area (Å²) in [7, 11) is 0. The van der Waals surface area contributed by atoms with Crippen LogP contribution in [0, 0.1) is 22.9 Å². The molecule has 1 N–H and O–H groups in total. The van der Waals surface area contributed by atoms with Crippen molar-refractivity contribution in [2.75, 3.05) is 11.9 Å². The number of hydrogen-bond donors (Lipinski definition) is 1. The zero-order valence-corrected chi connectivity index (χ0v) is 12.2. The molecule has 0 heterocycles. The molecular formula is C15H14ClFN2O2. The average molecular weight is 309 g/mol. The number of rotatable bonds is 5. The third-order valence-electron chi connectivity index (χ3n) is 3.18. The molecule has 2 aromatic rings. The molecule has 0 aliphatic heterocycles. The predicted octanol–water partition coefficient (Wildman–Crippen LogP) is 4.35. The number of aryl methyl sites for hydroxylation is 1. The van der Waals surface area contributed by atoms with E-state index < -0.39 is 4.92 Å². The SMILES string of the molecule is Cc1cc(F)ccc1CCNc1cccc(Cl)c1[N+](=O)[O-]. The summed E-state index contributed by atoms with van der Waals surface area (Å²) in [5.74, 6) is -0.269. The van der Waals surface area contributed by atoms with Gasteiger partial charge in [0.25, 0.3) is 0 Å². The molecule has 2 aromatic carbocycles. The lowest BCUT2D eigenvalue weighted by molar-refractivity contribution is -0.383. The third kappa shape index (κ3) is 3.70. The van der Waals surface area contributed by atoms with Gasteiger partial charge in [0.1, 0.15) is 16.5 Å². The molecule has 0 unspecified atom stereocenters. The Hall–Kier alpha value is -2.14. The topological polar surface area (TPSA) is 55.2 Å². The maximum atomic E-state index is 13.0. The average Bonchev–Trinajstić information content (AvgIpc) is 2.41. The van der Waals surface area contributed by atoms with Crippen LogP contribution in [-0.4, -0.2) is 11.5 Å². The molecule has 0 saturated carbocycles. The number of anilines is 1. The number of benzene rings is 2. The fourth-order valence-electron chi connectivity index (χ4n) is 2.12. The standard InChI is InChI=1S/C15H14ClFN2O2/c1-10-9-12(17)6-5-11(10)7-8-18-14-4-2-3-13(16)15(14)19(20)21/h2-6,9,18H,7-8H2,1H3. The fourth-order valence-corrected chi connectivity index (χ4v) is 2.36. The Morgan fingerprint density at radius 3 is 2.76 bits per heavy atom. The first-order chi connectivity index (χ1) is 9.99. The van der Waals surface area contributed by atoms with Crippen molar-refractivity contribution in [3.63, 3.8) is 0 Å². The molecule has 0 radical (unpaired) electrons. The maximum absolute atomic E-state index is 13.0. The van der Waals surface area contributed by atoms with E-state index in [0.29, 0.717) is 18.7 Å². The molecule has 0 fully saturated rings. The van der Waals surface area contributed by atoms with Gasteiger partial charge >= 0.3 is 5.69 Å². The highest BCUT2D eigenvalue weighted by atomic mass is 35.5. The smallest absolute Gasteiger partial charge is 0.310 e. The van der Waals surface area contributed by atoms with E-state index in [1.807, 2.05) is 6.92 Å². The van der Waals surface area contributed by atoms with E-state index in [-0.39, 0.29) is 16.5 Å². The molecule has 2 rings (SSSR count). The van der Waals surface area contributed by atoms with Gasteiger partial charge in [0, 0.05) is 6.54 Å². The maximum Gasteiger partial charge on any atom is 0.310 e. The summed E-state index contributed by atoms with van der Waals surface area (Å²) >= 11 is 5.84. The molecule has 0 aliphatic rings. The number of nitrogens with zero attached hydrogens (tertiary/aromatic N) is 1. The van der Waals surface area contributed by atoms with Crippen LogP contribution in [0.25, 0.3) is 0 Å². The largest absolute Gasteiger partial charge is 0.379 e. The zero-order valence-electron chi connectivity index (χ0n) is 11.4. The lowest BCUT2D eigenvalue weighted by atomic mass is 10.1. The van der Waals surface area contributed by atoms with Gasteiger partial charge in [-0.15, -0.1) is 0 Å². The molecule has 0 amide bonds. The highest BCUT2D eigenvalue weighted by Crippen LogP contribution is 2.32. The van der Waals surface area contributed by atoms with Crippen LogP contribution in [0.2, 0.25) is 5.02 Å². The summed E-state index contributed by atoms with van der Waals surface area (Å²) in [6, 6.07) is 9.34. The number of para-hydroxylation sites is 1. The molecule has 110 valence electrons. The summed E-state index contributed by atoms with van der Waals surface area (Å²) in [6.45, 7) is 2.33. The van der Waals surface area contributed by atoms with Crippen molar-refractivity contribution in [3.05, 3.63) is 68.5 Å². The van der Waals surface area contributed by atoms with Crippen molar-refractivity contribution in [1.82, 2.24) is 0 Å². The lowest BCUT2D eigenvalue weighted by Gasteiger charge is -2.09. The second kappa shape index (κ2) is 6.54. The van der Waals surface area contributed by atoms with Crippen molar-refractivity contribution >= 4 is 23.0 Å². The van der Waals surface area contributed by atoms with Crippen molar-refractivity contribution in [3.8, 4) is 0 Å². The molecule has 21 heavy (non-hydrogen) atoms. The van der Waals surface area contributed by atoms with Crippen LogP contribution in [0.15, 0.2) is 36.4 Å². The third-order valence-corrected chi connectivity index (χ3v) is 3.49. The van der Waals surface area contributed by atoms with Crippen molar-refractivity contribution in [1.29, 1.82) is 0 Å². The van der Waals surface area contributed by atoms with Gasteiger partial charge in [-0.1, -0.05) is 23.7 Å². The molecule has 0 atom stereocenters. The monoisotopic (exact) mass is 308 g/mol. The van der Waals surface area contributed by atoms with E-state index in [9.17, 15) is 14.5 Å². The second-order valence-electron chi connectivity index (χ2n) is 4.64. The number of nitro groups is 1. The minimum atomic E-state index is -0.506. The van der Waals surface area contributed by atoms with Gasteiger partial charge in [0.05, 0.1) is 4.92 Å². The highest BCUT2D eigenvalue weighted by molar-refractivity contribution is 6.33. The van der Waals surface area contributed by atoms with Gasteiger partial charge in [-0.2, -0.15) is 0 Å². The van der Waals surface area contributed by atoms with E-state index in [1.165, 1.54) is 18.2 Å². The number of nitro benzene ring substituents is 1. The van der Waals surface area contributed by atoms with Gasteiger partial charge in [-0.3, -0.25) is 10.1 Å². The van der Waals surface area contributed by atoms with E-state index in [0.717, 1.165) is 11.1 Å². The first-order valence-electron chi connectivity index (χ1n) is 6.41. The molecule has 6 heteroatoms.